The molecule has 1 aliphatic rings. The van der Waals surface area contributed by atoms with Crippen molar-refractivity contribution >= 4 is 39.0 Å². The fourth-order valence-corrected chi connectivity index (χ4v) is 6.32. The lowest BCUT2D eigenvalue weighted by molar-refractivity contribution is 0.147. The SMILES string of the molecule is COc1cc(S(=O)(=O)N2c3cc(/C=C(\C)c4c(F)cccc4Cl)ccc3C[C@H](O)[C@H]2C)ccc1F. The van der Waals surface area contributed by atoms with Gasteiger partial charge in [-0.2, -0.15) is 0 Å². The van der Waals surface area contributed by atoms with E-state index in [2.05, 4.69) is 0 Å². The molecule has 0 spiro atoms. The molecular formula is C26H24ClF2NO4S. The van der Waals surface area contributed by atoms with Crippen molar-refractivity contribution in [3.8, 4) is 5.75 Å². The lowest BCUT2D eigenvalue weighted by Crippen LogP contribution is -2.49. The predicted molar refractivity (Wildman–Crippen MR) is 133 cm³/mol. The number of halogens is 3. The maximum absolute atomic E-state index is 14.4. The zero-order valence-corrected chi connectivity index (χ0v) is 20.9. The summed E-state index contributed by atoms with van der Waals surface area (Å²) in [5.74, 6) is -1.35. The predicted octanol–water partition coefficient (Wildman–Crippen LogP) is 5.69. The monoisotopic (exact) mass is 519 g/mol. The van der Waals surface area contributed by atoms with Gasteiger partial charge in [-0.1, -0.05) is 35.9 Å². The molecule has 4 rings (SSSR count). The van der Waals surface area contributed by atoms with Crippen LogP contribution in [-0.4, -0.2) is 32.8 Å². The van der Waals surface area contributed by atoms with Crippen molar-refractivity contribution in [1.29, 1.82) is 0 Å². The topological polar surface area (TPSA) is 66.8 Å². The molecule has 3 aromatic rings. The lowest BCUT2D eigenvalue weighted by atomic mass is 9.94. The summed E-state index contributed by atoms with van der Waals surface area (Å²) in [6.45, 7) is 3.33. The molecule has 1 heterocycles. The largest absolute Gasteiger partial charge is 0.494 e. The van der Waals surface area contributed by atoms with Crippen LogP contribution in [0.1, 0.15) is 30.5 Å². The summed E-state index contributed by atoms with van der Waals surface area (Å²) in [5.41, 5.74) is 2.47. The molecule has 35 heavy (non-hydrogen) atoms. The number of rotatable bonds is 5. The smallest absolute Gasteiger partial charge is 0.264 e. The number of fused-ring (bicyclic) bond motifs is 1. The first-order valence-corrected chi connectivity index (χ1v) is 12.7. The van der Waals surface area contributed by atoms with Gasteiger partial charge in [-0.3, -0.25) is 4.31 Å². The lowest BCUT2D eigenvalue weighted by Gasteiger charge is -2.39. The highest BCUT2D eigenvalue weighted by atomic mass is 35.5. The molecule has 5 nitrogen and oxygen atoms in total. The second-order valence-corrected chi connectivity index (χ2v) is 10.6. The van der Waals surface area contributed by atoms with Crippen LogP contribution in [0.25, 0.3) is 11.6 Å². The molecular weight excluding hydrogens is 496 g/mol. The van der Waals surface area contributed by atoms with Crippen LogP contribution >= 0.6 is 11.6 Å². The Kier molecular flexibility index (Phi) is 6.90. The minimum atomic E-state index is -4.19. The normalized spacial score (nSPS) is 18.4. The number of benzene rings is 3. The van der Waals surface area contributed by atoms with Gasteiger partial charge >= 0.3 is 0 Å². The molecule has 0 fully saturated rings. The molecule has 0 aromatic heterocycles. The number of hydrogen-bond acceptors (Lipinski definition) is 4. The molecule has 0 saturated heterocycles. The number of aliphatic hydroxyl groups excluding tert-OH is 1. The van der Waals surface area contributed by atoms with Crippen LogP contribution in [0.3, 0.4) is 0 Å². The highest BCUT2D eigenvalue weighted by molar-refractivity contribution is 7.92. The maximum Gasteiger partial charge on any atom is 0.264 e. The van der Waals surface area contributed by atoms with E-state index in [0.717, 1.165) is 22.5 Å². The van der Waals surface area contributed by atoms with Crippen molar-refractivity contribution < 1.29 is 27.0 Å². The van der Waals surface area contributed by atoms with E-state index < -0.39 is 33.8 Å². The van der Waals surface area contributed by atoms with E-state index in [1.807, 2.05) is 0 Å². The molecule has 9 heteroatoms. The van der Waals surface area contributed by atoms with E-state index in [9.17, 15) is 22.3 Å². The van der Waals surface area contributed by atoms with Crippen LogP contribution in [0.4, 0.5) is 14.5 Å². The molecule has 184 valence electrons. The number of nitrogens with zero attached hydrogens (tertiary/aromatic N) is 1. The van der Waals surface area contributed by atoms with Crippen molar-refractivity contribution in [2.24, 2.45) is 0 Å². The van der Waals surface area contributed by atoms with Crippen LogP contribution in [0.5, 0.6) is 5.75 Å². The Morgan fingerprint density at radius 1 is 1.14 bits per heavy atom. The van der Waals surface area contributed by atoms with Gasteiger partial charge in [0.2, 0.25) is 0 Å². The molecule has 1 aliphatic heterocycles. The van der Waals surface area contributed by atoms with E-state index in [0.29, 0.717) is 22.4 Å². The van der Waals surface area contributed by atoms with Crippen LogP contribution in [0.2, 0.25) is 5.02 Å². The fraction of sp³-hybridized carbons (Fsp3) is 0.231. The van der Waals surface area contributed by atoms with Crippen molar-refractivity contribution in [3.05, 3.63) is 87.9 Å². The van der Waals surface area contributed by atoms with Gasteiger partial charge in [0.15, 0.2) is 11.6 Å². The minimum Gasteiger partial charge on any atom is -0.494 e. The third-order valence-electron chi connectivity index (χ3n) is 6.12. The van der Waals surface area contributed by atoms with Crippen molar-refractivity contribution in [3.63, 3.8) is 0 Å². The number of ether oxygens (including phenoxy) is 1. The first-order chi connectivity index (χ1) is 16.5. The van der Waals surface area contributed by atoms with Gasteiger partial charge < -0.3 is 9.84 Å². The standard InChI is InChI=1S/C26H24ClF2NO4S/c1-15(26-20(27)5-4-6-22(26)29)11-17-7-8-18-13-24(31)16(2)30(23(18)12-17)35(32,33)19-9-10-21(28)25(14-19)34-3/h4-12,14,16,24,31H,13H2,1-3H3/b15-11+/t16-,24+/m1/s1. The molecule has 0 saturated carbocycles. The zero-order valence-electron chi connectivity index (χ0n) is 19.3. The van der Waals surface area contributed by atoms with Gasteiger partial charge in [0.25, 0.3) is 10.0 Å². The summed E-state index contributed by atoms with van der Waals surface area (Å²) < 4.78 is 61.8. The Labute approximate surface area is 208 Å². The summed E-state index contributed by atoms with van der Waals surface area (Å²) in [6.07, 6.45) is 1.03. The van der Waals surface area contributed by atoms with E-state index in [4.69, 9.17) is 16.3 Å². The Morgan fingerprint density at radius 2 is 1.89 bits per heavy atom. The Balaban J connectivity index is 1.83. The highest BCUT2D eigenvalue weighted by Gasteiger charge is 2.38. The number of sulfonamides is 1. The number of allylic oxidation sites excluding steroid dienone is 1. The van der Waals surface area contributed by atoms with Gasteiger partial charge in [0.05, 0.1) is 34.9 Å². The summed E-state index contributed by atoms with van der Waals surface area (Å²) in [6, 6.07) is 12.1. The molecule has 0 radical (unpaired) electrons. The molecule has 0 aliphatic carbocycles. The quantitative estimate of drug-likeness (QED) is 0.440. The van der Waals surface area contributed by atoms with Gasteiger partial charge in [0, 0.05) is 18.1 Å². The maximum atomic E-state index is 14.4. The Hall–Kier alpha value is -2.94. The van der Waals surface area contributed by atoms with Crippen molar-refractivity contribution in [2.45, 2.75) is 37.3 Å². The zero-order chi connectivity index (χ0) is 25.5. The number of hydrogen-bond donors (Lipinski definition) is 1. The van der Waals surface area contributed by atoms with Crippen LogP contribution in [0.15, 0.2) is 59.5 Å². The molecule has 1 N–H and O–H groups in total. The molecule has 0 amide bonds. The summed E-state index contributed by atoms with van der Waals surface area (Å²) in [4.78, 5) is -0.169. The second kappa shape index (κ2) is 9.60. The van der Waals surface area contributed by atoms with E-state index >= 15 is 0 Å². The second-order valence-electron chi connectivity index (χ2n) is 8.42. The minimum absolute atomic E-state index is 0.169. The van der Waals surface area contributed by atoms with E-state index in [1.165, 1.54) is 19.2 Å². The summed E-state index contributed by atoms with van der Waals surface area (Å²) in [7, 11) is -2.94. The summed E-state index contributed by atoms with van der Waals surface area (Å²) >= 11 is 6.19. The van der Waals surface area contributed by atoms with Crippen molar-refractivity contribution in [1.82, 2.24) is 0 Å². The number of aliphatic hydroxyl groups is 1. The van der Waals surface area contributed by atoms with Gasteiger partial charge in [-0.15, -0.1) is 0 Å². The average Bonchev–Trinajstić information content (AvgIpc) is 2.80. The van der Waals surface area contributed by atoms with Crippen LogP contribution in [-0.2, 0) is 16.4 Å². The first kappa shape index (κ1) is 25.2. The molecule has 0 unspecified atom stereocenters. The third kappa shape index (κ3) is 4.66. The van der Waals surface area contributed by atoms with E-state index in [-0.39, 0.29) is 27.7 Å². The average molecular weight is 520 g/mol. The molecule has 2 atom stereocenters. The Bertz CT molecular complexity index is 1400. The number of methoxy groups -OCH3 is 1. The van der Waals surface area contributed by atoms with Crippen LogP contribution in [0, 0.1) is 11.6 Å². The van der Waals surface area contributed by atoms with Gasteiger partial charge in [0.1, 0.15) is 5.82 Å². The van der Waals surface area contributed by atoms with Gasteiger partial charge in [-0.05, 0) is 60.9 Å². The van der Waals surface area contributed by atoms with Crippen molar-refractivity contribution in [2.75, 3.05) is 11.4 Å². The Morgan fingerprint density at radius 3 is 2.57 bits per heavy atom. The fourth-order valence-electron chi connectivity index (χ4n) is 4.28. The first-order valence-electron chi connectivity index (χ1n) is 10.9. The molecule has 3 aromatic carbocycles. The summed E-state index contributed by atoms with van der Waals surface area (Å²) in [5, 5.41) is 10.9. The van der Waals surface area contributed by atoms with E-state index in [1.54, 1.807) is 44.2 Å². The third-order valence-corrected chi connectivity index (χ3v) is 8.33. The van der Waals surface area contributed by atoms with Gasteiger partial charge in [-0.25, -0.2) is 17.2 Å². The van der Waals surface area contributed by atoms with Crippen LogP contribution < -0.4 is 9.04 Å². The molecule has 0 bridgehead atoms. The number of anilines is 1. The highest BCUT2D eigenvalue weighted by Crippen LogP contribution is 2.38.